The Bertz CT molecular complexity index is 855. The summed E-state index contributed by atoms with van der Waals surface area (Å²) in [6.07, 6.45) is 1.47. The molecule has 0 saturated carbocycles. The summed E-state index contributed by atoms with van der Waals surface area (Å²) >= 11 is 1.42. The number of rotatable bonds is 6. The van der Waals surface area contributed by atoms with Gasteiger partial charge in [-0.15, -0.1) is 5.10 Å². The first-order chi connectivity index (χ1) is 12.1. The lowest BCUT2D eigenvalue weighted by molar-refractivity contribution is 0.0564. The van der Waals surface area contributed by atoms with Gasteiger partial charge in [-0.05, 0) is 40.1 Å². The maximum atomic E-state index is 11.7. The van der Waals surface area contributed by atoms with E-state index < -0.39 is 5.97 Å². The molecule has 0 N–H and O–H groups in total. The number of nitrogens with zero attached hydrogens (tertiary/aromatic N) is 4. The van der Waals surface area contributed by atoms with Crippen molar-refractivity contribution >= 4 is 17.7 Å². The van der Waals surface area contributed by atoms with E-state index >= 15 is 0 Å². The number of furan rings is 1. The van der Waals surface area contributed by atoms with E-state index in [1.165, 1.54) is 30.7 Å². The molecule has 0 radical (unpaired) electrons. The first-order valence-corrected chi connectivity index (χ1v) is 8.75. The van der Waals surface area contributed by atoms with Crippen molar-refractivity contribution in [2.75, 3.05) is 7.11 Å². The highest BCUT2D eigenvalue weighted by molar-refractivity contribution is 7.98. The van der Waals surface area contributed by atoms with Gasteiger partial charge in [0.2, 0.25) is 10.9 Å². The predicted octanol–water partition coefficient (Wildman–Crippen LogP) is 3.46. The second-order valence-corrected chi connectivity index (χ2v) is 6.62. The van der Waals surface area contributed by atoms with E-state index in [0.717, 1.165) is 11.3 Å². The molecule has 2 heterocycles. The van der Waals surface area contributed by atoms with Crippen LogP contribution in [0.2, 0.25) is 0 Å². The van der Waals surface area contributed by atoms with Gasteiger partial charge in [0.1, 0.15) is 0 Å². The summed E-state index contributed by atoms with van der Waals surface area (Å²) in [4.78, 5) is 11.7. The SMILES string of the molecule is COC(=O)c1occc1CSc1nnnn1-c1ccc(C(C)C)cc1. The van der Waals surface area contributed by atoms with E-state index in [9.17, 15) is 4.79 Å². The van der Waals surface area contributed by atoms with Crippen LogP contribution in [-0.2, 0) is 10.5 Å². The molecule has 3 rings (SSSR count). The molecule has 130 valence electrons. The Labute approximate surface area is 149 Å². The minimum Gasteiger partial charge on any atom is -0.463 e. The highest BCUT2D eigenvalue weighted by atomic mass is 32.2. The number of thioether (sulfide) groups is 1. The molecule has 8 heteroatoms. The Balaban J connectivity index is 1.76. The number of hydrogen-bond donors (Lipinski definition) is 0. The first kappa shape index (κ1) is 17.2. The number of benzene rings is 1. The fourth-order valence-corrected chi connectivity index (χ4v) is 3.17. The number of ether oxygens (including phenoxy) is 1. The van der Waals surface area contributed by atoms with E-state index in [4.69, 9.17) is 9.15 Å². The Morgan fingerprint density at radius 3 is 2.72 bits per heavy atom. The lowest BCUT2D eigenvalue weighted by atomic mass is 10.0. The molecule has 0 atom stereocenters. The number of carbonyl (C=O) groups is 1. The number of tetrazole rings is 1. The standard InChI is InChI=1S/C17H18N4O3S/c1-11(2)12-4-6-14(7-5-12)21-17(18-19-20-21)25-10-13-8-9-24-15(13)16(22)23-3/h4-9,11H,10H2,1-3H3. The maximum absolute atomic E-state index is 11.7. The van der Waals surface area contributed by atoms with Gasteiger partial charge < -0.3 is 9.15 Å². The fraction of sp³-hybridized carbons (Fsp3) is 0.294. The molecular formula is C17H18N4O3S. The van der Waals surface area contributed by atoms with E-state index in [2.05, 4.69) is 41.5 Å². The average Bonchev–Trinajstić information content (AvgIpc) is 3.28. The Kier molecular flexibility index (Phi) is 5.18. The monoisotopic (exact) mass is 358 g/mol. The quantitative estimate of drug-likeness (QED) is 0.493. The molecular weight excluding hydrogens is 340 g/mol. The maximum Gasteiger partial charge on any atom is 0.374 e. The zero-order valence-electron chi connectivity index (χ0n) is 14.2. The van der Waals surface area contributed by atoms with E-state index in [1.807, 2.05) is 12.1 Å². The number of methoxy groups -OCH3 is 1. The molecule has 0 spiro atoms. The molecule has 1 aromatic carbocycles. The van der Waals surface area contributed by atoms with Gasteiger partial charge in [0.25, 0.3) is 0 Å². The van der Waals surface area contributed by atoms with Crippen LogP contribution in [0.25, 0.3) is 5.69 Å². The molecule has 3 aromatic rings. The third kappa shape index (κ3) is 3.74. The molecule has 7 nitrogen and oxygen atoms in total. The molecule has 0 aliphatic heterocycles. The van der Waals surface area contributed by atoms with Gasteiger partial charge in [0.05, 0.1) is 19.1 Å². The zero-order valence-corrected chi connectivity index (χ0v) is 15.0. The summed E-state index contributed by atoms with van der Waals surface area (Å²) in [7, 11) is 1.32. The number of aromatic nitrogens is 4. The summed E-state index contributed by atoms with van der Waals surface area (Å²) in [5.74, 6) is 0.667. The first-order valence-electron chi connectivity index (χ1n) is 7.76. The number of hydrogen-bond acceptors (Lipinski definition) is 7. The van der Waals surface area contributed by atoms with Gasteiger partial charge in [-0.3, -0.25) is 0 Å². The predicted molar refractivity (Wildman–Crippen MR) is 92.9 cm³/mol. The molecule has 0 aliphatic carbocycles. The van der Waals surface area contributed by atoms with E-state index in [1.54, 1.807) is 10.7 Å². The van der Waals surface area contributed by atoms with Crippen LogP contribution in [0.5, 0.6) is 0 Å². The van der Waals surface area contributed by atoms with Crippen molar-refractivity contribution in [1.29, 1.82) is 0 Å². The van der Waals surface area contributed by atoms with Gasteiger partial charge in [-0.2, -0.15) is 4.68 Å². The second kappa shape index (κ2) is 7.52. The zero-order chi connectivity index (χ0) is 17.8. The van der Waals surface area contributed by atoms with Gasteiger partial charge >= 0.3 is 5.97 Å². The summed E-state index contributed by atoms with van der Waals surface area (Å²) in [5, 5.41) is 12.5. The van der Waals surface area contributed by atoms with Crippen molar-refractivity contribution in [3.05, 3.63) is 53.5 Å². The van der Waals surface area contributed by atoms with Crippen LogP contribution in [0.3, 0.4) is 0 Å². The van der Waals surface area contributed by atoms with Gasteiger partial charge in [-0.25, -0.2) is 4.79 Å². The van der Waals surface area contributed by atoms with Crippen LogP contribution in [0.1, 0.15) is 41.4 Å². The Hall–Kier alpha value is -2.61. The highest BCUT2D eigenvalue weighted by Crippen LogP contribution is 2.25. The Morgan fingerprint density at radius 1 is 1.28 bits per heavy atom. The smallest absolute Gasteiger partial charge is 0.374 e. The van der Waals surface area contributed by atoms with Crippen molar-refractivity contribution < 1.29 is 13.9 Å². The minimum atomic E-state index is -0.496. The summed E-state index contributed by atoms with van der Waals surface area (Å²) in [5.41, 5.74) is 2.88. The van der Waals surface area contributed by atoms with Crippen LogP contribution >= 0.6 is 11.8 Å². The molecule has 0 bridgehead atoms. The van der Waals surface area contributed by atoms with Gasteiger partial charge in [0, 0.05) is 11.3 Å². The van der Waals surface area contributed by atoms with E-state index in [-0.39, 0.29) is 5.76 Å². The normalized spacial score (nSPS) is 11.0. The van der Waals surface area contributed by atoms with Gasteiger partial charge in [-0.1, -0.05) is 37.7 Å². The molecule has 0 aliphatic rings. The van der Waals surface area contributed by atoms with Crippen molar-refractivity contribution in [3.63, 3.8) is 0 Å². The summed E-state index contributed by atoms with van der Waals surface area (Å²) in [6, 6.07) is 9.87. The third-order valence-corrected chi connectivity index (χ3v) is 4.69. The second-order valence-electron chi connectivity index (χ2n) is 5.67. The van der Waals surface area contributed by atoms with Crippen molar-refractivity contribution in [2.24, 2.45) is 0 Å². The van der Waals surface area contributed by atoms with Crippen molar-refractivity contribution in [2.45, 2.75) is 30.7 Å². The molecule has 0 saturated heterocycles. The van der Waals surface area contributed by atoms with Crippen LogP contribution in [-0.4, -0.2) is 33.3 Å². The molecule has 0 amide bonds. The van der Waals surface area contributed by atoms with Crippen LogP contribution in [0.4, 0.5) is 0 Å². The lowest BCUT2D eigenvalue weighted by Crippen LogP contribution is -2.03. The molecule has 25 heavy (non-hydrogen) atoms. The molecule has 2 aromatic heterocycles. The largest absolute Gasteiger partial charge is 0.463 e. The lowest BCUT2D eigenvalue weighted by Gasteiger charge is -2.08. The minimum absolute atomic E-state index is 0.204. The highest BCUT2D eigenvalue weighted by Gasteiger charge is 2.17. The molecule has 0 unspecified atom stereocenters. The third-order valence-electron chi connectivity index (χ3n) is 3.72. The number of carbonyl (C=O) groups excluding carboxylic acids is 1. The molecule has 0 fully saturated rings. The van der Waals surface area contributed by atoms with Crippen LogP contribution in [0.15, 0.2) is 46.2 Å². The van der Waals surface area contributed by atoms with Gasteiger partial charge in [0.15, 0.2) is 0 Å². The summed E-state index contributed by atoms with van der Waals surface area (Å²) in [6.45, 7) is 4.30. The fourth-order valence-electron chi connectivity index (χ4n) is 2.29. The van der Waals surface area contributed by atoms with Crippen LogP contribution < -0.4 is 0 Å². The summed E-state index contributed by atoms with van der Waals surface area (Å²) < 4.78 is 11.6. The van der Waals surface area contributed by atoms with Crippen LogP contribution in [0, 0.1) is 0 Å². The van der Waals surface area contributed by atoms with E-state index in [0.29, 0.717) is 16.8 Å². The average molecular weight is 358 g/mol. The van der Waals surface area contributed by atoms with Crippen molar-refractivity contribution in [1.82, 2.24) is 20.2 Å². The Morgan fingerprint density at radius 2 is 2.04 bits per heavy atom. The topological polar surface area (TPSA) is 83.0 Å². The van der Waals surface area contributed by atoms with Crippen molar-refractivity contribution in [3.8, 4) is 5.69 Å². The number of esters is 1.